The van der Waals surface area contributed by atoms with E-state index in [1.807, 2.05) is 0 Å². The lowest BCUT2D eigenvalue weighted by atomic mass is 10.2. The number of aromatic nitrogens is 1. The van der Waals surface area contributed by atoms with Crippen LogP contribution in [0, 0.1) is 0 Å². The molecule has 3 rings (SSSR count). The smallest absolute Gasteiger partial charge is 0.349 e. The number of hydrogen-bond donors (Lipinski definition) is 1. The van der Waals surface area contributed by atoms with Crippen molar-refractivity contribution in [2.45, 2.75) is 0 Å². The first-order chi connectivity index (χ1) is 10.6. The number of anilines is 1. The highest BCUT2D eigenvalue weighted by atomic mass is 35.5. The van der Waals surface area contributed by atoms with E-state index in [9.17, 15) is 9.59 Å². The SMILES string of the molecule is COC(=O)c1cnc(NC(=O)c2cc3cc(Cl)ccc3o2)s1. The summed E-state index contributed by atoms with van der Waals surface area (Å²) < 4.78 is 10.0. The molecule has 8 heteroatoms. The maximum Gasteiger partial charge on any atom is 0.349 e. The number of fused-ring (bicyclic) bond motifs is 1. The number of carbonyl (C=O) groups is 2. The summed E-state index contributed by atoms with van der Waals surface area (Å²) in [7, 11) is 1.28. The van der Waals surface area contributed by atoms with Gasteiger partial charge in [-0.2, -0.15) is 0 Å². The molecule has 0 fully saturated rings. The Bertz CT molecular complexity index is 871. The zero-order valence-corrected chi connectivity index (χ0v) is 12.8. The van der Waals surface area contributed by atoms with Crippen molar-refractivity contribution >= 4 is 50.9 Å². The lowest BCUT2D eigenvalue weighted by Crippen LogP contribution is -2.10. The number of nitrogens with zero attached hydrogens (tertiary/aromatic N) is 1. The van der Waals surface area contributed by atoms with E-state index in [1.165, 1.54) is 13.3 Å². The number of nitrogens with one attached hydrogen (secondary N) is 1. The van der Waals surface area contributed by atoms with Crippen molar-refractivity contribution < 1.29 is 18.7 Å². The molecule has 0 unspecified atom stereocenters. The van der Waals surface area contributed by atoms with Crippen molar-refractivity contribution in [2.24, 2.45) is 0 Å². The van der Waals surface area contributed by atoms with E-state index >= 15 is 0 Å². The van der Waals surface area contributed by atoms with Crippen molar-refractivity contribution in [3.05, 3.63) is 46.1 Å². The van der Waals surface area contributed by atoms with Gasteiger partial charge in [-0.1, -0.05) is 22.9 Å². The van der Waals surface area contributed by atoms with Crippen LogP contribution in [0.25, 0.3) is 11.0 Å². The summed E-state index contributed by atoms with van der Waals surface area (Å²) in [6.45, 7) is 0. The molecule has 1 amide bonds. The lowest BCUT2D eigenvalue weighted by Gasteiger charge is -1.96. The number of rotatable bonds is 3. The Morgan fingerprint density at radius 1 is 1.36 bits per heavy atom. The van der Waals surface area contributed by atoms with Crippen LogP contribution in [0.1, 0.15) is 20.2 Å². The van der Waals surface area contributed by atoms with Gasteiger partial charge in [-0.15, -0.1) is 0 Å². The van der Waals surface area contributed by atoms with Crippen LogP contribution in [0.5, 0.6) is 0 Å². The number of ether oxygens (including phenoxy) is 1. The molecule has 0 aliphatic rings. The molecule has 0 bridgehead atoms. The number of methoxy groups -OCH3 is 1. The zero-order chi connectivity index (χ0) is 15.7. The van der Waals surface area contributed by atoms with Gasteiger partial charge in [-0.25, -0.2) is 9.78 Å². The number of benzene rings is 1. The van der Waals surface area contributed by atoms with Crippen molar-refractivity contribution in [1.82, 2.24) is 4.98 Å². The predicted octanol–water partition coefficient (Wildman–Crippen LogP) is 3.58. The fourth-order valence-corrected chi connectivity index (χ4v) is 2.72. The highest BCUT2D eigenvalue weighted by Gasteiger charge is 2.16. The van der Waals surface area contributed by atoms with Crippen LogP contribution >= 0.6 is 22.9 Å². The Morgan fingerprint density at radius 2 is 2.18 bits per heavy atom. The molecule has 2 heterocycles. The van der Waals surface area contributed by atoms with Crippen LogP contribution in [-0.4, -0.2) is 24.0 Å². The highest BCUT2D eigenvalue weighted by molar-refractivity contribution is 7.17. The molecule has 6 nitrogen and oxygen atoms in total. The van der Waals surface area contributed by atoms with Crippen LogP contribution in [-0.2, 0) is 4.74 Å². The number of amides is 1. The average molecular weight is 337 g/mol. The minimum absolute atomic E-state index is 0.132. The van der Waals surface area contributed by atoms with Crippen LogP contribution < -0.4 is 5.32 Å². The third-order valence-corrected chi connectivity index (χ3v) is 3.94. The van der Waals surface area contributed by atoms with E-state index in [-0.39, 0.29) is 10.9 Å². The molecule has 1 N–H and O–H groups in total. The third-order valence-electron chi connectivity index (χ3n) is 2.81. The largest absolute Gasteiger partial charge is 0.465 e. The molecule has 0 atom stereocenters. The first-order valence-electron chi connectivity index (χ1n) is 6.11. The second-order valence-electron chi connectivity index (χ2n) is 4.27. The van der Waals surface area contributed by atoms with E-state index in [1.54, 1.807) is 24.3 Å². The Morgan fingerprint density at radius 3 is 2.95 bits per heavy atom. The van der Waals surface area contributed by atoms with E-state index < -0.39 is 11.9 Å². The fourth-order valence-electron chi connectivity index (χ4n) is 1.81. The minimum atomic E-state index is -0.503. The van der Waals surface area contributed by atoms with Crippen molar-refractivity contribution in [2.75, 3.05) is 12.4 Å². The molecule has 22 heavy (non-hydrogen) atoms. The molecule has 2 aromatic heterocycles. The van der Waals surface area contributed by atoms with Gasteiger partial charge in [0.15, 0.2) is 10.9 Å². The second-order valence-corrected chi connectivity index (χ2v) is 5.74. The summed E-state index contributed by atoms with van der Waals surface area (Å²) in [5, 5.41) is 4.14. The molecule has 112 valence electrons. The van der Waals surface area contributed by atoms with E-state index in [0.29, 0.717) is 15.5 Å². The summed E-state index contributed by atoms with van der Waals surface area (Å²) in [5.74, 6) is -0.832. The molecular formula is C14H9ClN2O4S. The first kappa shape index (κ1) is 14.6. The average Bonchev–Trinajstić information content (AvgIpc) is 3.12. The summed E-state index contributed by atoms with van der Waals surface area (Å²) in [6.07, 6.45) is 1.34. The molecule has 3 aromatic rings. The van der Waals surface area contributed by atoms with E-state index in [2.05, 4.69) is 15.0 Å². The highest BCUT2D eigenvalue weighted by Crippen LogP contribution is 2.24. The zero-order valence-electron chi connectivity index (χ0n) is 11.3. The molecule has 0 saturated carbocycles. The van der Waals surface area contributed by atoms with Crippen LogP contribution in [0.3, 0.4) is 0 Å². The Kier molecular flexibility index (Phi) is 3.82. The summed E-state index contributed by atoms with van der Waals surface area (Å²) in [6, 6.07) is 6.66. The quantitative estimate of drug-likeness (QED) is 0.739. The number of esters is 1. The van der Waals surface area contributed by atoms with Gasteiger partial charge in [0.2, 0.25) is 0 Å². The first-order valence-corrected chi connectivity index (χ1v) is 7.31. The topological polar surface area (TPSA) is 81.4 Å². The number of hydrogen-bond acceptors (Lipinski definition) is 6. The number of furan rings is 1. The molecule has 1 aromatic carbocycles. The fraction of sp³-hybridized carbons (Fsp3) is 0.0714. The van der Waals surface area contributed by atoms with Gasteiger partial charge in [0.25, 0.3) is 5.91 Å². The third kappa shape index (κ3) is 2.81. The minimum Gasteiger partial charge on any atom is -0.465 e. The van der Waals surface area contributed by atoms with Crippen molar-refractivity contribution in [3.8, 4) is 0 Å². The van der Waals surface area contributed by atoms with Crippen LogP contribution in [0.15, 0.2) is 34.9 Å². The van der Waals surface area contributed by atoms with Gasteiger partial charge in [0.1, 0.15) is 10.5 Å². The molecule has 0 saturated heterocycles. The van der Waals surface area contributed by atoms with Gasteiger partial charge < -0.3 is 9.15 Å². The Labute approximate surface area is 133 Å². The number of thiazole rings is 1. The van der Waals surface area contributed by atoms with Crippen LogP contribution in [0.4, 0.5) is 5.13 Å². The monoisotopic (exact) mass is 336 g/mol. The maximum absolute atomic E-state index is 12.1. The summed E-state index contributed by atoms with van der Waals surface area (Å²) in [5.41, 5.74) is 0.559. The summed E-state index contributed by atoms with van der Waals surface area (Å²) >= 11 is 6.91. The maximum atomic E-state index is 12.1. The molecule has 0 aliphatic heterocycles. The Hall–Kier alpha value is -2.38. The molecule has 0 aliphatic carbocycles. The van der Waals surface area contributed by atoms with Gasteiger partial charge in [0, 0.05) is 10.4 Å². The molecule has 0 spiro atoms. The standard InChI is InChI=1S/C14H9ClN2O4S/c1-20-13(19)11-6-16-14(22-11)17-12(18)10-5-7-4-8(15)2-3-9(7)21-10/h2-6H,1H3,(H,16,17,18). The van der Waals surface area contributed by atoms with Gasteiger partial charge >= 0.3 is 5.97 Å². The van der Waals surface area contributed by atoms with Gasteiger partial charge in [0.05, 0.1) is 13.3 Å². The van der Waals surface area contributed by atoms with Crippen molar-refractivity contribution in [3.63, 3.8) is 0 Å². The second kappa shape index (κ2) is 5.78. The van der Waals surface area contributed by atoms with E-state index in [0.717, 1.165) is 16.7 Å². The van der Waals surface area contributed by atoms with Crippen LogP contribution in [0.2, 0.25) is 5.02 Å². The predicted molar refractivity (Wildman–Crippen MR) is 82.6 cm³/mol. The van der Waals surface area contributed by atoms with Gasteiger partial charge in [-0.3, -0.25) is 10.1 Å². The number of carbonyl (C=O) groups excluding carboxylic acids is 2. The van der Waals surface area contributed by atoms with E-state index in [4.69, 9.17) is 16.0 Å². The molecular weight excluding hydrogens is 328 g/mol. The molecule has 0 radical (unpaired) electrons. The van der Waals surface area contributed by atoms with Gasteiger partial charge in [-0.05, 0) is 24.3 Å². The Balaban J connectivity index is 1.80. The number of halogens is 1. The van der Waals surface area contributed by atoms with Crippen molar-refractivity contribution in [1.29, 1.82) is 0 Å². The normalized spacial score (nSPS) is 10.6. The lowest BCUT2D eigenvalue weighted by molar-refractivity contribution is 0.0606. The summed E-state index contributed by atoms with van der Waals surface area (Å²) in [4.78, 5) is 27.7.